The van der Waals surface area contributed by atoms with E-state index in [4.69, 9.17) is 4.52 Å². The number of aromatic nitrogens is 3. The normalized spacial score (nSPS) is 10.6. The lowest BCUT2D eigenvalue weighted by atomic mass is 10.3. The summed E-state index contributed by atoms with van der Waals surface area (Å²) in [6.45, 7) is 4.57. The van der Waals surface area contributed by atoms with Crippen LogP contribution in [0, 0.1) is 17.0 Å². The minimum atomic E-state index is -0.419. The van der Waals surface area contributed by atoms with Crippen molar-refractivity contribution in [2.24, 2.45) is 0 Å². The predicted molar refractivity (Wildman–Crippen MR) is 67.7 cm³/mol. The highest BCUT2D eigenvalue weighted by molar-refractivity contribution is 5.59. The van der Waals surface area contributed by atoms with E-state index in [0.29, 0.717) is 30.4 Å². The number of nitro groups is 1. The lowest BCUT2D eigenvalue weighted by Gasteiger charge is -2.06. The van der Waals surface area contributed by atoms with Gasteiger partial charge in [-0.15, -0.1) is 0 Å². The molecule has 0 saturated heterocycles. The smallest absolute Gasteiger partial charge is 0.333 e. The highest BCUT2D eigenvalue weighted by atomic mass is 16.6. The van der Waals surface area contributed by atoms with E-state index in [-0.39, 0.29) is 5.69 Å². The highest BCUT2D eigenvalue weighted by Crippen LogP contribution is 2.28. The van der Waals surface area contributed by atoms with Crippen LogP contribution in [0.1, 0.15) is 24.8 Å². The van der Waals surface area contributed by atoms with Gasteiger partial charge in [0.2, 0.25) is 5.82 Å². The van der Waals surface area contributed by atoms with Crippen LogP contribution in [0.4, 0.5) is 11.5 Å². The zero-order chi connectivity index (χ0) is 13.8. The molecule has 0 atom stereocenters. The summed E-state index contributed by atoms with van der Waals surface area (Å²) < 4.78 is 6.57. The third kappa shape index (κ3) is 2.72. The SMILES string of the molecule is CCCn1nc(C)c([N+](=O)[O-])c1NCc1ccno1. The number of hydrogen-bond acceptors (Lipinski definition) is 6. The van der Waals surface area contributed by atoms with Gasteiger partial charge in [0.25, 0.3) is 0 Å². The summed E-state index contributed by atoms with van der Waals surface area (Å²) in [6.07, 6.45) is 2.37. The lowest BCUT2D eigenvalue weighted by molar-refractivity contribution is -0.384. The Labute approximate surface area is 109 Å². The Morgan fingerprint density at radius 2 is 2.37 bits per heavy atom. The maximum Gasteiger partial charge on any atom is 0.333 e. The Kier molecular flexibility index (Phi) is 3.79. The second kappa shape index (κ2) is 5.51. The monoisotopic (exact) mass is 265 g/mol. The van der Waals surface area contributed by atoms with Gasteiger partial charge in [-0.1, -0.05) is 12.1 Å². The summed E-state index contributed by atoms with van der Waals surface area (Å²) in [7, 11) is 0. The van der Waals surface area contributed by atoms with Gasteiger partial charge < -0.3 is 9.84 Å². The molecule has 0 aromatic carbocycles. The molecule has 2 aromatic heterocycles. The summed E-state index contributed by atoms with van der Waals surface area (Å²) in [5, 5.41) is 21.9. The molecule has 102 valence electrons. The summed E-state index contributed by atoms with van der Waals surface area (Å²) in [5.41, 5.74) is 0.409. The molecule has 2 rings (SSSR count). The number of anilines is 1. The van der Waals surface area contributed by atoms with Gasteiger partial charge in [0.1, 0.15) is 5.69 Å². The van der Waals surface area contributed by atoms with Gasteiger partial charge in [-0.2, -0.15) is 5.10 Å². The maximum absolute atomic E-state index is 11.1. The topological polar surface area (TPSA) is 99.0 Å². The molecule has 8 nitrogen and oxygen atoms in total. The number of hydrogen-bond donors (Lipinski definition) is 1. The quantitative estimate of drug-likeness (QED) is 0.634. The van der Waals surface area contributed by atoms with Crippen LogP contribution >= 0.6 is 0 Å². The third-order valence-electron chi connectivity index (χ3n) is 2.64. The minimum absolute atomic E-state index is 0.00738. The van der Waals surface area contributed by atoms with E-state index in [0.717, 1.165) is 6.42 Å². The molecule has 0 amide bonds. The molecule has 0 bridgehead atoms. The van der Waals surface area contributed by atoms with Crippen molar-refractivity contribution in [3.05, 3.63) is 33.8 Å². The molecule has 0 spiro atoms. The van der Waals surface area contributed by atoms with Crippen LogP contribution in [0.5, 0.6) is 0 Å². The first-order chi connectivity index (χ1) is 9.13. The van der Waals surface area contributed by atoms with Crippen molar-refractivity contribution >= 4 is 11.5 Å². The van der Waals surface area contributed by atoms with Crippen LogP contribution in [0.2, 0.25) is 0 Å². The lowest BCUT2D eigenvalue weighted by Crippen LogP contribution is -2.08. The first kappa shape index (κ1) is 13.1. The van der Waals surface area contributed by atoms with Crippen molar-refractivity contribution in [2.45, 2.75) is 33.4 Å². The molecule has 0 aliphatic rings. The molecule has 0 unspecified atom stereocenters. The van der Waals surface area contributed by atoms with Gasteiger partial charge in [0.15, 0.2) is 5.76 Å². The van der Waals surface area contributed by atoms with Crippen LogP contribution < -0.4 is 5.32 Å². The number of nitrogens with one attached hydrogen (secondary N) is 1. The fourth-order valence-electron chi connectivity index (χ4n) is 1.84. The van der Waals surface area contributed by atoms with E-state index >= 15 is 0 Å². The number of nitrogens with zero attached hydrogens (tertiary/aromatic N) is 4. The molecule has 1 N–H and O–H groups in total. The third-order valence-corrected chi connectivity index (χ3v) is 2.64. The molecule has 19 heavy (non-hydrogen) atoms. The van der Waals surface area contributed by atoms with Crippen molar-refractivity contribution in [3.8, 4) is 0 Å². The Balaban J connectivity index is 2.27. The highest BCUT2D eigenvalue weighted by Gasteiger charge is 2.24. The van der Waals surface area contributed by atoms with Crippen LogP contribution in [0.25, 0.3) is 0 Å². The van der Waals surface area contributed by atoms with Gasteiger partial charge in [0.05, 0.1) is 17.7 Å². The van der Waals surface area contributed by atoms with Gasteiger partial charge in [-0.25, -0.2) is 4.68 Å². The van der Waals surface area contributed by atoms with Gasteiger partial charge in [-0.05, 0) is 13.3 Å². The van der Waals surface area contributed by atoms with Crippen molar-refractivity contribution in [3.63, 3.8) is 0 Å². The van der Waals surface area contributed by atoms with Gasteiger partial charge in [0, 0.05) is 12.6 Å². The molecular formula is C11H15N5O3. The summed E-state index contributed by atoms with van der Waals surface area (Å²) in [6, 6.07) is 1.70. The Morgan fingerprint density at radius 1 is 1.58 bits per heavy atom. The minimum Gasteiger partial charge on any atom is -0.360 e. The van der Waals surface area contributed by atoms with E-state index in [2.05, 4.69) is 15.6 Å². The molecule has 0 radical (unpaired) electrons. The first-order valence-corrected chi connectivity index (χ1v) is 5.98. The zero-order valence-corrected chi connectivity index (χ0v) is 10.8. The fourth-order valence-corrected chi connectivity index (χ4v) is 1.84. The van der Waals surface area contributed by atoms with E-state index in [1.165, 1.54) is 6.20 Å². The molecular weight excluding hydrogens is 250 g/mol. The van der Waals surface area contributed by atoms with Crippen molar-refractivity contribution in [2.75, 3.05) is 5.32 Å². The summed E-state index contributed by atoms with van der Waals surface area (Å²) in [5.74, 6) is 1.01. The Bertz CT molecular complexity index is 561. The maximum atomic E-state index is 11.1. The Morgan fingerprint density at radius 3 is 2.95 bits per heavy atom. The summed E-state index contributed by atoms with van der Waals surface area (Å²) in [4.78, 5) is 10.7. The van der Waals surface area contributed by atoms with Crippen molar-refractivity contribution in [1.29, 1.82) is 0 Å². The molecule has 0 saturated carbocycles. The van der Waals surface area contributed by atoms with Crippen LogP contribution in [0.15, 0.2) is 16.8 Å². The van der Waals surface area contributed by atoms with E-state index in [1.807, 2.05) is 6.92 Å². The fraction of sp³-hybridized carbons (Fsp3) is 0.455. The Hall–Kier alpha value is -2.38. The first-order valence-electron chi connectivity index (χ1n) is 5.98. The van der Waals surface area contributed by atoms with E-state index in [9.17, 15) is 10.1 Å². The second-order valence-corrected chi connectivity index (χ2v) is 4.10. The zero-order valence-electron chi connectivity index (χ0n) is 10.8. The summed E-state index contributed by atoms with van der Waals surface area (Å²) >= 11 is 0. The average Bonchev–Trinajstić information content (AvgIpc) is 2.95. The second-order valence-electron chi connectivity index (χ2n) is 4.10. The molecule has 8 heteroatoms. The molecule has 0 aliphatic heterocycles. The largest absolute Gasteiger partial charge is 0.360 e. The molecule has 2 heterocycles. The van der Waals surface area contributed by atoms with Gasteiger partial charge in [-0.3, -0.25) is 10.1 Å². The van der Waals surface area contributed by atoms with Crippen LogP contribution in [-0.4, -0.2) is 19.9 Å². The standard InChI is InChI=1S/C11H15N5O3/c1-3-6-15-11(10(16(17)18)8(2)14-15)12-7-9-4-5-13-19-9/h4-5,12H,3,6-7H2,1-2H3. The van der Waals surface area contributed by atoms with E-state index in [1.54, 1.807) is 17.7 Å². The number of rotatable bonds is 6. The van der Waals surface area contributed by atoms with Crippen molar-refractivity contribution in [1.82, 2.24) is 14.9 Å². The average molecular weight is 265 g/mol. The van der Waals surface area contributed by atoms with Gasteiger partial charge >= 0.3 is 5.69 Å². The molecule has 2 aromatic rings. The van der Waals surface area contributed by atoms with E-state index < -0.39 is 4.92 Å². The number of aryl methyl sites for hydroxylation is 2. The van der Waals surface area contributed by atoms with Crippen molar-refractivity contribution < 1.29 is 9.45 Å². The van der Waals surface area contributed by atoms with Crippen LogP contribution in [0.3, 0.4) is 0 Å². The predicted octanol–water partition coefficient (Wildman–Crippen LogP) is 2.11. The molecule has 0 fully saturated rings. The van der Waals surface area contributed by atoms with Crippen LogP contribution in [-0.2, 0) is 13.1 Å². The molecule has 0 aliphatic carbocycles.